The van der Waals surface area contributed by atoms with E-state index in [0.29, 0.717) is 46.2 Å². The SMILES string of the molecule is Cc1ccc(C(=O)C(C)Sc2nc3cc(C(=O)NCC(C)C)ccc3c(=O)n2CC(C)C)cc1C. The first-order chi connectivity index (χ1) is 16.5. The Hall–Kier alpha value is -2.93. The van der Waals surface area contributed by atoms with Crippen LogP contribution in [-0.4, -0.2) is 33.0 Å². The Morgan fingerprint density at radius 3 is 2.26 bits per heavy atom. The number of Topliss-reactive ketones (excluding diaryl/α,β-unsaturated/α-hetero) is 1. The van der Waals surface area contributed by atoms with Crippen LogP contribution in [0.1, 0.15) is 66.5 Å². The van der Waals surface area contributed by atoms with Crippen molar-refractivity contribution < 1.29 is 9.59 Å². The molecule has 1 atom stereocenters. The summed E-state index contributed by atoms with van der Waals surface area (Å²) in [6, 6.07) is 10.7. The summed E-state index contributed by atoms with van der Waals surface area (Å²) in [4.78, 5) is 43.9. The van der Waals surface area contributed by atoms with E-state index in [-0.39, 0.29) is 23.2 Å². The molecule has 0 radical (unpaired) electrons. The number of hydrogen-bond acceptors (Lipinski definition) is 5. The number of thioether (sulfide) groups is 1. The summed E-state index contributed by atoms with van der Waals surface area (Å²) >= 11 is 1.28. The molecule has 0 aliphatic carbocycles. The van der Waals surface area contributed by atoms with Crippen LogP contribution in [0.3, 0.4) is 0 Å². The highest BCUT2D eigenvalue weighted by Gasteiger charge is 2.22. The zero-order valence-corrected chi connectivity index (χ0v) is 22.5. The third-order valence-electron chi connectivity index (χ3n) is 5.84. The van der Waals surface area contributed by atoms with Gasteiger partial charge in [0.25, 0.3) is 11.5 Å². The molecular weight excluding hydrogens is 458 g/mol. The number of carbonyl (C=O) groups is 2. The van der Waals surface area contributed by atoms with Crippen LogP contribution >= 0.6 is 11.8 Å². The van der Waals surface area contributed by atoms with Gasteiger partial charge in [0, 0.05) is 24.2 Å². The lowest BCUT2D eigenvalue weighted by Gasteiger charge is -2.18. The number of amides is 1. The second kappa shape index (κ2) is 11.2. The van der Waals surface area contributed by atoms with Crippen molar-refractivity contribution >= 4 is 34.4 Å². The Morgan fingerprint density at radius 1 is 0.943 bits per heavy atom. The van der Waals surface area contributed by atoms with Crippen molar-refractivity contribution in [2.75, 3.05) is 6.54 Å². The van der Waals surface area contributed by atoms with E-state index in [2.05, 4.69) is 5.32 Å². The first-order valence-corrected chi connectivity index (χ1v) is 13.0. The molecule has 0 spiro atoms. The summed E-state index contributed by atoms with van der Waals surface area (Å²) in [5, 5.41) is 3.42. The minimum absolute atomic E-state index is 0.00893. The van der Waals surface area contributed by atoms with E-state index in [1.165, 1.54) is 11.8 Å². The Bertz CT molecular complexity index is 1310. The molecule has 186 valence electrons. The monoisotopic (exact) mass is 493 g/mol. The van der Waals surface area contributed by atoms with Crippen molar-refractivity contribution in [3.8, 4) is 0 Å². The highest BCUT2D eigenvalue weighted by molar-refractivity contribution is 8.00. The second-order valence-electron chi connectivity index (χ2n) is 9.96. The third kappa shape index (κ3) is 6.40. The van der Waals surface area contributed by atoms with Gasteiger partial charge in [0.1, 0.15) is 0 Å². The lowest BCUT2D eigenvalue weighted by Crippen LogP contribution is -2.28. The van der Waals surface area contributed by atoms with E-state index in [9.17, 15) is 14.4 Å². The van der Waals surface area contributed by atoms with E-state index in [0.717, 1.165) is 11.1 Å². The van der Waals surface area contributed by atoms with Crippen LogP contribution in [0, 0.1) is 25.7 Å². The van der Waals surface area contributed by atoms with Crippen LogP contribution in [0.15, 0.2) is 46.3 Å². The average molecular weight is 494 g/mol. The fraction of sp³-hybridized carbons (Fsp3) is 0.429. The number of aromatic nitrogens is 2. The molecule has 2 aromatic carbocycles. The zero-order chi connectivity index (χ0) is 25.9. The molecule has 6 nitrogen and oxygen atoms in total. The van der Waals surface area contributed by atoms with E-state index in [1.54, 1.807) is 22.8 Å². The number of nitrogens with zero attached hydrogens (tertiary/aromatic N) is 2. The van der Waals surface area contributed by atoms with Crippen molar-refractivity contribution in [2.24, 2.45) is 11.8 Å². The van der Waals surface area contributed by atoms with Gasteiger partial charge in [-0.2, -0.15) is 0 Å². The molecule has 0 aliphatic rings. The normalized spacial score (nSPS) is 12.4. The molecule has 1 unspecified atom stereocenters. The molecule has 1 N–H and O–H groups in total. The van der Waals surface area contributed by atoms with Crippen molar-refractivity contribution in [3.63, 3.8) is 0 Å². The van der Waals surface area contributed by atoms with Crippen molar-refractivity contribution in [2.45, 2.75) is 65.4 Å². The predicted octanol–water partition coefficient (Wildman–Crippen LogP) is 5.42. The van der Waals surface area contributed by atoms with Crippen molar-refractivity contribution in [3.05, 3.63) is 69.0 Å². The smallest absolute Gasteiger partial charge is 0.262 e. The molecule has 3 aromatic rings. The first kappa shape index (κ1) is 26.7. The van der Waals surface area contributed by atoms with Gasteiger partial charge in [-0.3, -0.25) is 19.0 Å². The summed E-state index contributed by atoms with van der Waals surface area (Å²) in [6.45, 7) is 15.0. The minimum atomic E-state index is -0.433. The molecule has 35 heavy (non-hydrogen) atoms. The highest BCUT2D eigenvalue weighted by atomic mass is 32.2. The van der Waals surface area contributed by atoms with E-state index < -0.39 is 5.25 Å². The number of fused-ring (bicyclic) bond motifs is 1. The van der Waals surface area contributed by atoms with Crippen LogP contribution in [-0.2, 0) is 6.54 Å². The maximum atomic E-state index is 13.4. The van der Waals surface area contributed by atoms with Gasteiger partial charge in [-0.05, 0) is 68.0 Å². The summed E-state index contributed by atoms with van der Waals surface area (Å²) < 4.78 is 1.65. The van der Waals surface area contributed by atoms with Crippen molar-refractivity contribution in [1.82, 2.24) is 14.9 Å². The Kier molecular flexibility index (Phi) is 8.54. The molecule has 0 fully saturated rings. The fourth-order valence-corrected chi connectivity index (χ4v) is 4.69. The van der Waals surface area contributed by atoms with Gasteiger partial charge in [0.05, 0.1) is 16.2 Å². The number of rotatable bonds is 9. The molecule has 0 saturated heterocycles. The van der Waals surface area contributed by atoms with Gasteiger partial charge in [-0.15, -0.1) is 0 Å². The van der Waals surface area contributed by atoms with Crippen LogP contribution < -0.4 is 10.9 Å². The molecule has 0 bridgehead atoms. The quantitative estimate of drug-likeness (QED) is 0.245. The van der Waals surface area contributed by atoms with Gasteiger partial charge in [-0.1, -0.05) is 51.6 Å². The first-order valence-electron chi connectivity index (χ1n) is 12.1. The molecule has 1 amide bonds. The minimum Gasteiger partial charge on any atom is -0.352 e. The van der Waals surface area contributed by atoms with Gasteiger partial charge in [0.2, 0.25) is 0 Å². The number of carbonyl (C=O) groups excluding carboxylic acids is 2. The van der Waals surface area contributed by atoms with Gasteiger partial charge in [0.15, 0.2) is 10.9 Å². The van der Waals surface area contributed by atoms with E-state index in [1.807, 2.05) is 66.7 Å². The predicted molar refractivity (Wildman–Crippen MR) is 144 cm³/mol. The maximum absolute atomic E-state index is 13.4. The standard InChI is InChI=1S/C28H35N3O3S/c1-16(2)14-29-26(33)22-10-11-23-24(13-22)30-28(31(27(23)34)15-17(3)4)35-20(7)25(32)21-9-8-18(5)19(6)12-21/h8-13,16-17,20H,14-15H2,1-7H3,(H,29,33). The molecular formula is C28H35N3O3S. The number of ketones is 1. The third-order valence-corrected chi connectivity index (χ3v) is 6.93. The van der Waals surface area contributed by atoms with Crippen LogP contribution in [0.25, 0.3) is 10.9 Å². The second-order valence-corrected chi connectivity index (χ2v) is 11.3. The van der Waals surface area contributed by atoms with Gasteiger partial charge >= 0.3 is 0 Å². The van der Waals surface area contributed by atoms with E-state index in [4.69, 9.17) is 4.98 Å². The number of hydrogen-bond donors (Lipinski definition) is 1. The Morgan fingerprint density at radius 2 is 1.63 bits per heavy atom. The molecule has 3 rings (SSSR count). The fourth-order valence-electron chi connectivity index (χ4n) is 3.70. The number of nitrogens with one attached hydrogen (secondary N) is 1. The number of benzene rings is 2. The largest absolute Gasteiger partial charge is 0.352 e. The van der Waals surface area contributed by atoms with Crippen LogP contribution in [0.2, 0.25) is 0 Å². The summed E-state index contributed by atoms with van der Waals surface area (Å²) in [6.07, 6.45) is 0. The Labute approximate surface area is 211 Å². The summed E-state index contributed by atoms with van der Waals surface area (Å²) in [5.74, 6) is 0.352. The molecule has 1 aromatic heterocycles. The summed E-state index contributed by atoms with van der Waals surface area (Å²) in [5.41, 5.74) is 3.61. The highest BCUT2D eigenvalue weighted by Crippen LogP contribution is 2.26. The van der Waals surface area contributed by atoms with Gasteiger partial charge in [-0.25, -0.2) is 4.98 Å². The van der Waals surface area contributed by atoms with E-state index >= 15 is 0 Å². The summed E-state index contributed by atoms with van der Waals surface area (Å²) in [7, 11) is 0. The maximum Gasteiger partial charge on any atom is 0.262 e. The molecule has 7 heteroatoms. The topological polar surface area (TPSA) is 81.1 Å². The zero-order valence-electron chi connectivity index (χ0n) is 21.6. The lowest BCUT2D eigenvalue weighted by molar-refractivity contribution is 0.0948. The van der Waals surface area contributed by atoms with Crippen LogP contribution in [0.4, 0.5) is 0 Å². The lowest BCUT2D eigenvalue weighted by atomic mass is 10.0. The molecule has 1 heterocycles. The molecule has 0 saturated carbocycles. The molecule has 0 aliphatic heterocycles. The Balaban J connectivity index is 2.00. The number of aryl methyl sites for hydroxylation is 2. The van der Waals surface area contributed by atoms with Crippen LogP contribution in [0.5, 0.6) is 0 Å². The van der Waals surface area contributed by atoms with Gasteiger partial charge < -0.3 is 5.32 Å². The average Bonchev–Trinajstić information content (AvgIpc) is 2.80. The van der Waals surface area contributed by atoms with Crippen molar-refractivity contribution in [1.29, 1.82) is 0 Å².